The van der Waals surface area contributed by atoms with Gasteiger partial charge in [0.2, 0.25) is 0 Å². The fourth-order valence-electron chi connectivity index (χ4n) is 5.30. The number of carbonyl (C=O) groups excluding carboxylic acids is 3. The molecule has 1 spiro atoms. The van der Waals surface area contributed by atoms with E-state index in [0.29, 0.717) is 41.6 Å². The molecule has 0 saturated carbocycles. The molecule has 1 aliphatic carbocycles. The second-order valence-corrected chi connectivity index (χ2v) is 7.62. The molecule has 8 nitrogen and oxygen atoms in total. The third-order valence-corrected chi connectivity index (χ3v) is 6.45. The SMILES string of the molecule is C[C@@H]1O[C@@H]2CC=C3C4=C(C(=O)OCC4)[C@H](O)O[C@H]3[C@@]23C(=O)OCCC3=C1C=O. The van der Waals surface area contributed by atoms with E-state index in [1.807, 2.05) is 6.08 Å². The number of ether oxygens (including phenoxy) is 4. The number of hydrogen-bond acceptors (Lipinski definition) is 8. The fraction of sp³-hybridized carbons (Fsp3) is 0.550. The second-order valence-electron chi connectivity index (χ2n) is 7.62. The molecule has 5 aliphatic rings. The number of aliphatic hydroxyl groups is 1. The van der Waals surface area contributed by atoms with Crippen LogP contribution >= 0.6 is 0 Å². The number of hydrogen-bond donors (Lipinski definition) is 1. The highest BCUT2D eigenvalue weighted by Gasteiger charge is 2.65. The van der Waals surface area contributed by atoms with E-state index in [2.05, 4.69) is 0 Å². The van der Waals surface area contributed by atoms with Gasteiger partial charge in [-0.25, -0.2) is 4.79 Å². The Balaban J connectivity index is 1.74. The van der Waals surface area contributed by atoms with Gasteiger partial charge in [0.05, 0.1) is 31.0 Å². The van der Waals surface area contributed by atoms with Crippen molar-refractivity contribution in [1.29, 1.82) is 0 Å². The van der Waals surface area contributed by atoms with Crippen LogP contribution in [0.15, 0.2) is 33.9 Å². The lowest BCUT2D eigenvalue weighted by atomic mass is 9.59. The van der Waals surface area contributed by atoms with Crippen molar-refractivity contribution in [3.63, 3.8) is 0 Å². The van der Waals surface area contributed by atoms with Gasteiger partial charge in [-0.15, -0.1) is 0 Å². The van der Waals surface area contributed by atoms with Crippen molar-refractivity contribution in [2.45, 2.75) is 50.8 Å². The van der Waals surface area contributed by atoms with E-state index >= 15 is 0 Å². The van der Waals surface area contributed by atoms with Crippen LogP contribution in [0, 0.1) is 5.41 Å². The lowest BCUT2D eigenvalue weighted by molar-refractivity contribution is -0.211. The summed E-state index contributed by atoms with van der Waals surface area (Å²) in [5.74, 6) is -1.13. The third-order valence-electron chi connectivity index (χ3n) is 6.45. The Kier molecular flexibility index (Phi) is 3.88. The molecule has 0 aromatic rings. The topological polar surface area (TPSA) is 108 Å². The average Bonchev–Trinajstić information content (AvgIpc) is 2.67. The number of esters is 2. The van der Waals surface area contributed by atoms with Gasteiger partial charge < -0.3 is 24.1 Å². The van der Waals surface area contributed by atoms with Crippen LogP contribution in [0.5, 0.6) is 0 Å². The molecule has 0 unspecified atom stereocenters. The predicted molar refractivity (Wildman–Crippen MR) is 91.6 cm³/mol. The molecule has 0 amide bonds. The molecule has 28 heavy (non-hydrogen) atoms. The Bertz CT molecular complexity index is 881. The fourth-order valence-corrected chi connectivity index (χ4v) is 5.30. The maximum atomic E-state index is 13.2. The Morgan fingerprint density at radius 1 is 1.18 bits per heavy atom. The summed E-state index contributed by atoms with van der Waals surface area (Å²) in [5.41, 5.74) is 1.15. The first kappa shape index (κ1) is 17.8. The minimum atomic E-state index is -1.52. The van der Waals surface area contributed by atoms with Crippen LogP contribution in [-0.2, 0) is 33.3 Å². The van der Waals surface area contributed by atoms with Crippen molar-refractivity contribution in [3.8, 4) is 0 Å². The monoisotopic (exact) mass is 388 g/mol. The molecule has 0 bridgehead atoms. The van der Waals surface area contributed by atoms with E-state index in [9.17, 15) is 19.5 Å². The van der Waals surface area contributed by atoms with Gasteiger partial charge in [0.1, 0.15) is 17.8 Å². The molecule has 8 heteroatoms. The largest absolute Gasteiger partial charge is 0.465 e. The standard InChI is InChI=1S/C20H20O8/c1-9-12(8-21)13-5-7-26-19(24)20(13)14(27-9)3-2-11-10-4-6-25-17(22)15(10)18(23)28-16(11)20/h2,8-9,14,16,18,23H,3-7H2,1H3/t9-,14+,16+,18+,20-/m0/s1. The van der Waals surface area contributed by atoms with Gasteiger partial charge in [0.25, 0.3) is 0 Å². The van der Waals surface area contributed by atoms with Crippen molar-refractivity contribution >= 4 is 18.2 Å². The summed E-state index contributed by atoms with van der Waals surface area (Å²) >= 11 is 0. The van der Waals surface area contributed by atoms with Crippen LogP contribution in [0.4, 0.5) is 0 Å². The molecule has 0 aromatic carbocycles. The number of carbonyl (C=O) groups is 3. The Labute approximate surface area is 160 Å². The van der Waals surface area contributed by atoms with Crippen LogP contribution in [-0.4, -0.2) is 61.1 Å². The molecule has 5 rings (SSSR count). The van der Waals surface area contributed by atoms with E-state index in [4.69, 9.17) is 18.9 Å². The highest BCUT2D eigenvalue weighted by atomic mass is 16.6. The van der Waals surface area contributed by atoms with Crippen LogP contribution < -0.4 is 0 Å². The normalized spacial score (nSPS) is 39.7. The summed E-state index contributed by atoms with van der Waals surface area (Å²) in [7, 11) is 0. The zero-order valence-corrected chi connectivity index (χ0v) is 15.3. The maximum absolute atomic E-state index is 13.2. The van der Waals surface area contributed by atoms with E-state index in [1.54, 1.807) is 6.92 Å². The molecule has 1 saturated heterocycles. The quantitative estimate of drug-likeness (QED) is 0.511. The Morgan fingerprint density at radius 2 is 1.96 bits per heavy atom. The predicted octanol–water partition coefficient (Wildman–Crippen LogP) is 0.493. The first-order chi connectivity index (χ1) is 13.5. The minimum absolute atomic E-state index is 0.0824. The van der Waals surface area contributed by atoms with Gasteiger partial charge >= 0.3 is 11.9 Å². The highest BCUT2D eigenvalue weighted by Crippen LogP contribution is 2.57. The van der Waals surface area contributed by atoms with Crippen LogP contribution in [0.2, 0.25) is 0 Å². The number of cyclic esters (lactones) is 2. The molecule has 0 radical (unpaired) electrons. The summed E-state index contributed by atoms with van der Waals surface area (Å²) in [6.07, 6.45) is 0.440. The lowest BCUT2D eigenvalue weighted by Crippen LogP contribution is -2.64. The van der Waals surface area contributed by atoms with Gasteiger partial charge in [-0.3, -0.25) is 9.59 Å². The Hall–Kier alpha value is -2.29. The second kappa shape index (κ2) is 6.10. The van der Waals surface area contributed by atoms with Gasteiger partial charge in [-0.2, -0.15) is 0 Å². The number of rotatable bonds is 1. The molecule has 0 aromatic heterocycles. The van der Waals surface area contributed by atoms with Crippen molar-refractivity contribution in [2.24, 2.45) is 5.41 Å². The van der Waals surface area contributed by atoms with Gasteiger partial charge in [0, 0.05) is 18.4 Å². The summed E-state index contributed by atoms with van der Waals surface area (Å²) in [6.45, 7) is 2.17. The van der Waals surface area contributed by atoms with Crippen LogP contribution in [0.1, 0.15) is 26.2 Å². The minimum Gasteiger partial charge on any atom is -0.465 e. The summed E-state index contributed by atoms with van der Waals surface area (Å²) in [6, 6.07) is 0. The summed E-state index contributed by atoms with van der Waals surface area (Å²) in [5, 5.41) is 10.6. The maximum Gasteiger partial charge on any atom is 0.339 e. The van der Waals surface area contributed by atoms with Crippen molar-refractivity contribution in [3.05, 3.63) is 33.9 Å². The molecule has 1 N–H and O–H groups in total. The lowest BCUT2D eigenvalue weighted by Gasteiger charge is -2.55. The average molecular weight is 388 g/mol. The van der Waals surface area contributed by atoms with Crippen molar-refractivity contribution in [2.75, 3.05) is 13.2 Å². The number of aldehydes is 1. The third kappa shape index (κ3) is 2.08. The van der Waals surface area contributed by atoms with Gasteiger partial charge in [0.15, 0.2) is 6.29 Å². The summed E-state index contributed by atoms with van der Waals surface area (Å²) < 4.78 is 22.4. The van der Waals surface area contributed by atoms with Gasteiger partial charge in [-0.1, -0.05) is 6.08 Å². The van der Waals surface area contributed by atoms with Crippen molar-refractivity contribution < 1.29 is 38.4 Å². The van der Waals surface area contributed by atoms with E-state index in [0.717, 1.165) is 6.29 Å². The van der Waals surface area contributed by atoms with Crippen LogP contribution in [0.25, 0.3) is 0 Å². The molecular weight excluding hydrogens is 368 g/mol. The van der Waals surface area contributed by atoms with Crippen molar-refractivity contribution in [1.82, 2.24) is 0 Å². The number of fused-ring (bicyclic) bond motifs is 2. The zero-order valence-electron chi connectivity index (χ0n) is 15.3. The highest BCUT2D eigenvalue weighted by molar-refractivity contribution is 5.94. The smallest absolute Gasteiger partial charge is 0.339 e. The molecule has 4 aliphatic heterocycles. The first-order valence-corrected chi connectivity index (χ1v) is 9.45. The summed E-state index contributed by atoms with van der Waals surface area (Å²) in [4.78, 5) is 37.2. The number of aliphatic hydroxyl groups excluding tert-OH is 1. The Morgan fingerprint density at radius 3 is 2.75 bits per heavy atom. The molecule has 4 heterocycles. The molecular formula is C20H20O8. The van der Waals surface area contributed by atoms with E-state index in [-0.39, 0.29) is 18.8 Å². The zero-order chi connectivity index (χ0) is 19.6. The van der Waals surface area contributed by atoms with Gasteiger partial charge in [-0.05, 0) is 30.1 Å². The first-order valence-electron chi connectivity index (χ1n) is 9.45. The molecule has 148 valence electrons. The van der Waals surface area contributed by atoms with Crippen LogP contribution in [0.3, 0.4) is 0 Å². The van der Waals surface area contributed by atoms with E-state index in [1.165, 1.54) is 0 Å². The molecule has 5 atom stereocenters. The molecule has 1 fully saturated rings. The van der Waals surface area contributed by atoms with E-state index < -0.39 is 42.0 Å².